The van der Waals surface area contributed by atoms with E-state index >= 15 is 0 Å². The van der Waals surface area contributed by atoms with Crippen molar-refractivity contribution in [2.45, 2.75) is 19.3 Å². The molecule has 24 aromatic rings. The molecule has 8 heteroatoms. The van der Waals surface area contributed by atoms with Crippen LogP contribution in [0.25, 0.3) is 244 Å². The Morgan fingerprint density at radius 1 is 0.153 bits per heavy atom. The average Bonchev–Trinajstić information content (AvgIpc) is 0.995. The van der Waals surface area contributed by atoms with Crippen molar-refractivity contribution in [3.8, 4) is 158 Å². The molecule has 0 spiro atoms. The fourth-order valence-corrected chi connectivity index (χ4v) is 19.7. The van der Waals surface area contributed by atoms with Crippen LogP contribution in [-0.4, -0.2) is 39.9 Å². The molecule has 25 rings (SSSR count). The highest BCUT2D eigenvalue weighted by molar-refractivity contribution is 6.20. The van der Waals surface area contributed by atoms with Crippen molar-refractivity contribution < 1.29 is 0 Å². The summed E-state index contributed by atoms with van der Waals surface area (Å²) in [5.74, 6) is 3.77. The van der Waals surface area contributed by atoms with Gasteiger partial charge in [-0.1, -0.05) is 432 Å². The van der Waals surface area contributed by atoms with Gasteiger partial charge in [0.2, 0.25) is 0 Å². The van der Waals surface area contributed by atoms with Crippen LogP contribution in [0, 0.1) is 0 Å². The molecule has 0 unspecified atom stereocenters. The minimum Gasteiger partial charge on any atom is -0.247 e. The van der Waals surface area contributed by atoms with E-state index in [0.717, 1.165) is 138 Å². The lowest BCUT2D eigenvalue weighted by Crippen LogP contribution is -2.14. The fourth-order valence-electron chi connectivity index (χ4n) is 19.7. The van der Waals surface area contributed by atoms with Gasteiger partial charge in [-0.2, -0.15) is 0 Å². The monoisotopic (exact) mass is 1670 g/mol. The summed E-state index contributed by atoms with van der Waals surface area (Å²) in [6, 6.07) is 159. The van der Waals surface area contributed by atoms with Gasteiger partial charge in [0.15, 0.2) is 34.9 Å². The maximum absolute atomic E-state index is 5.39. The summed E-state index contributed by atoms with van der Waals surface area (Å²) >= 11 is 0. The molecule has 1 aliphatic carbocycles. The van der Waals surface area contributed by atoms with Gasteiger partial charge in [-0.15, -0.1) is 0 Å². The summed E-state index contributed by atoms with van der Waals surface area (Å²) in [6.45, 7) is 4.65. The van der Waals surface area contributed by atoms with Crippen LogP contribution in [-0.2, 0) is 5.41 Å². The summed E-state index contributed by atoms with van der Waals surface area (Å²) in [5.41, 5.74) is 28.4. The van der Waals surface area contributed by atoms with E-state index in [9.17, 15) is 0 Å². The van der Waals surface area contributed by atoms with Gasteiger partial charge in [0.05, 0.1) is 22.4 Å². The second-order valence-electron chi connectivity index (χ2n) is 34.3. The lowest BCUT2D eigenvalue weighted by atomic mass is 9.81. The number of fused-ring (bicyclic) bond motifs is 15. The summed E-state index contributed by atoms with van der Waals surface area (Å²) in [7, 11) is 0. The molecule has 4 heterocycles. The molecule has 0 fully saturated rings. The summed E-state index contributed by atoms with van der Waals surface area (Å²) < 4.78 is 0. The van der Waals surface area contributed by atoms with E-state index in [2.05, 4.69) is 432 Å². The molecule has 0 saturated heterocycles. The average molecular weight is 1670 g/mol. The third kappa shape index (κ3) is 14.0. The van der Waals surface area contributed by atoms with Gasteiger partial charge in [0.1, 0.15) is 0 Å². The third-order valence-electron chi connectivity index (χ3n) is 26.2. The number of nitrogens with zero attached hydrogens (tertiary/aromatic N) is 8. The normalized spacial score (nSPS) is 12.1. The third-order valence-corrected chi connectivity index (χ3v) is 26.2. The Hall–Kier alpha value is -17.2. The van der Waals surface area contributed by atoms with E-state index in [0.29, 0.717) is 34.9 Å². The standard InChI is InChI=1S/C62H38N4.C61H42N4/c1-3-16-40(17-4-1)48-28-15-29-54-58(48)53-35-34-43(38-57(53)63-59(54)41-18-5-2-6-19-41)39-30-32-42(33-31-39)60-64-61(55-36-44-20-7-9-22-46(44)49-24-11-13-26-51(49)55)66-62(65-60)56-37-45-21-8-10-23-47(45)50-25-12-14-27-52(50)56;1-61(2)53-24-13-12-21-49(53)50-35-33-46(37-54(50)61)39-25-29-44(30-26-39)59-63-58(43-19-10-5-11-20-43)64-60(65-59)45-31-27-40(28-32-45)47-34-36-51-55(38-47)62-57(42-17-8-4-9-18-42)52-23-14-22-48(56(51)52)41-15-6-3-7-16-41/h1-38H;3-38H,1-2H3. The summed E-state index contributed by atoms with van der Waals surface area (Å²) in [5, 5.41) is 16.1. The lowest BCUT2D eigenvalue weighted by molar-refractivity contribution is 0.660. The molecule has 4 aromatic heterocycles. The molecule has 0 saturated carbocycles. The van der Waals surface area contributed by atoms with Crippen molar-refractivity contribution in [3.63, 3.8) is 0 Å². The van der Waals surface area contributed by atoms with Gasteiger partial charge in [-0.05, 0) is 151 Å². The zero-order valence-electron chi connectivity index (χ0n) is 71.8. The van der Waals surface area contributed by atoms with Gasteiger partial charge in [0, 0.05) is 82.2 Å². The van der Waals surface area contributed by atoms with E-state index in [1.54, 1.807) is 0 Å². The number of pyridine rings is 2. The molecule has 612 valence electrons. The first-order chi connectivity index (χ1) is 64.7. The Labute approximate surface area is 758 Å². The molecule has 0 amide bonds. The van der Waals surface area contributed by atoms with Crippen LogP contribution in [0.5, 0.6) is 0 Å². The van der Waals surface area contributed by atoms with E-state index < -0.39 is 0 Å². The maximum atomic E-state index is 5.39. The topological polar surface area (TPSA) is 103 Å². The molecule has 1 aliphatic rings. The predicted molar refractivity (Wildman–Crippen MR) is 544 cm³/mol. The van der Waals surface area contributed by atoms with Crippen molar-refractivity contribution in [3.05, 3.63) is 460 Å². The lowest BCUT2D eigenvalue weighted by Gasteiger charge is -2.22. The highest BCUT2D eigenvalue weighted by atomic mass is 15.0. The van der Waals surface area contributed by atoms with Crippen LogP contribution >= 0.6 is 0 Å². The van der Waals surface area contributed by atoms with Crippen molar-refractivity contribution in [2.75, 3.05) is 0 Å². The van der Waals surface area contributed by atoms with Crippen molar-refractivity contribution in [2.24, 2.45) is 0 Å². The Kier molecular flexibility index (Phi) is 19.1. The highest BCUT2D eigenvalue weighted by Crippen LogP contribution is 2.51. The molecular formula is C123H80N8. The predicted octanol–water partition coefficient (Wildman–Crippen LogP) is 31.7. The van der Waals surface area contributed by atoms with Crippen LogP contribution in [0.3, 0.4) is 0 Å². The van der Waals surface area contributed by atoms with Crippen molar-refractivity contribution in [1.29, 1.82) is 0 Å². The Morgan fingerprint density at radius 3 is 0.870 bits per heavy atom. The van der Waals surface area contributed by atoms with Crippen molar-refractivity contribution in [1.82, 2.24) is 39.9 Å². The number of aromatic nitrogens is 8. The van der Waals surface area contributed by atoms with Gasteiger partial charge in [-0.25, -0.2) is 39.9 Å². The summed E-state index contributed by atoms with van der Waals surface area (Å²) in [4.78, 5) is 41.9. The fraction of sp³-hybridized carbons (Fsp3) is 0.0244. The summed E-state index contributed by atoms with van der Waals surface area (Å²) in [6.07, 6.45) is 0. The smallest absolute Gasteiger partial charge is 0.164 e. The Morgan fingerprint density at radius 2 is 0.443 bits per heavy atom. The van der Waals surface area contributed by atoms with Gasteiger partial charge in [0.25, 0.3) is 0 Å². The second kappa shape index (κ2) is 32.3. The quantitative estimate of drug-likeness (QED) is 0.105. The molecule has 0 radical (unpaired) electrons. The first kappa shape index (κ1) is 77.4. The van der Waals surface area contributed by atoms with Gasteiger partial charge >= 0.3 is 0 Å². The molecule has 0 aliphatic heterocycles. The number of hydrogen-bond acceptors (Lipinski definition) is 8. The van der Waals surface area contributed by atoms with Crippen LogP contribution in [0.2, 0.25) is 0 Å². The van der Waals surface area contributed by atoms with Crippen molar-refractivity contribution >= 4 is 86.4 Å². The van der Waals surface area contributed by atoms with Gasteiger partial charge < -0.3 is 0 Å². The van der Waals surface area contributed by atoms with Crippen LogP contribution < -0.4 is 0 Å². The van der Waals surface area contributed by atoms with Crippen LogP contribution in [0.1, 0.15) is 25.0 Å². The van der Waals surface area contributed by atoms with Crippen LogP contribution in [0.4, 0.5) is 0 Å². The molecule has 8 nitrogen and oxygen atoms in total. The van der Waals surface area contributed by atoms with Gasteiger partial charge in [-0.3, -0.25) is 0 Å². The second-order valence-corrected chi connectivity index (χ2v) is 34.3. The van der Waals surface area contributed by atoms with E-state index in [1.165, 1.54) is 82.4 Å². The molecular weight excluding hydrogens is 1590 g/mol. The van der Waals surface area contributed by atoms with E-state index in [1.807, 2.05) is 30.3 Å². The largest absolute Gasteiger partial charge is 0.247 e. The highest BCUT2D eigenvalue weighted by Gasteiger charge is 2.35. The number of hydrogen-bond donors (Lipinski definition) is 0. The molecule has 0 atom stereocenters. The molecule has 0 bridgehead atoms. The van der Waals surface area contributed by atoms with E-state index in [4.69, 9.17) is 39.9 Å². The first-order valence-corrected chi connectivity index (χ1v) is 44.6. The van der Waals surface area contributed by atoms with E-state index in [-0.39, 0.29) is 5.41 Å². The Balaban J connectivity index is 0.000000145. The zero-order chi connectivity index (χ0) is 87.0. The van der Waals surface area contributed by atoms with Crippen LogP contribution in [0.15, 0.2) is 449 Å². The molecule has 131 heavy (non-hydrogen) atoms. The minimum absolute atomic E-state index is 0.0585. The number of rotatable bonds is 13. The maximum Gasteiger partial charge on any atom is 0.164 e. The zero-order valence-corrected chi connectivity index (χ0v) is 71.8. The molecule has 0 N–H and O–H groups in total. The molecule has 20 aromatic carbocycles. The SMILES string of the molecule is CC1(C)c2ccccc2-c2ccc(-c3ccc(-c4nc(-c5ccccc5)nc(-c5ccc(-c6ccc7c(c6)nc(-c6ccccc6)c6cccc(-c8ccccc8)c67)cc5)n4)cc3)cc21.c1ccc(-c2nc3cc(-c4ccc(-c5nc(-c6cc7ccccc7c7ccccc67)nc(-c6cc7ccccc7c7ccccc67)n5)cc4)ccc3c3c(-c4ccccc4)cccc23)cc1. The Bertz CT molecular complexity index is 8490. The number of benzene rings is 20. The first-order valence-electron chi connectivity index (χ1n) is 44.6. The minimum atomic E-state index is -0.0585.